The molecule has 2 heterocycles. The van der Waals surface area contributed by atoms with Crippen molar-refractivity contribution in [1.82, 2.24) is 4.90 Å². The predicted octanol–water partition coefficient (Wildman–Crippen LogP) is 2.03. The fraction of sp³-hybridized carbons (Fsp3) is 0.571. The van der Waals surface area contributed by atoms with Crippen molar-refractivity contribution < 1.29 is 5.11 Å². The van der Waals surface area contributed by atoms with E-state index in [1.54, 1.807) is 0 Å². The molecule has 2 aliphatic heterocycles. The van der Waals surface area contributed by atoms with Crippen LogP contribution < -0.4 is 0 Å². The van der Waals surface area contributed by atoms with E-state index in [0.717, 1.165) is 18.9 Å². The van der Waals surface area contributed by atoms with Crippen LogP contribution in [-0.2, 0) is 6.54 Å². The van der Waals surface area contributed by atoms with Crippen molar-refractivity contribution in [1.29, 1.82) is 0 Å². The van der Waals surface area contributed by atoms with Gasteiger partial charge in [-0.1, -0.05) is 30.3 Å². The largest absolute Gasteiger partial charge is 0.391 e. The molecule has 1 N–H and O–H groups in total. The highest BCUT2D eigenvalue weighted by atomic mass is 16.3. The van der Waals surface area contributed by atoms with Crippen LogP contribution >= 0.6 is 0 Å². The molecule has 1 aliphatic carbocycles. The van der Waals surface area contributed by atoms with Crippen LogP contribution in [0.15, 0.2) is 30.3 Å². The van der Waals surface area contributed by atoms with E-state index in [0.29, 0.717) is 6.04 Å². The maximum absolute atomic E-state index is 10.0. The highest BCUT2D eigenvalue weighted by Crippen LogP contribution is 2.35. The van der Waals surface area contributed by atoms with Crippen LogP contribution in [0.2, 0.25) is 0 Å². The maximum atomic E-state index is 10.0. The summed E-state index contributed by atoms with van der Waals surface area (Å²) in [5.74, 6) is 0.726. The van der Waals surface area contributed by atoms with Gasteiger partial charge in [-0.05, 0) is 30.7 Å². The molecule has 2 nitrogen and oxygen atoms in total. The van der Waals surface area contributed by atoms with Gasteiger partial charge in [0.05, 0.1) is 6.10 Å². The Kier molecular flexibility index (Phi) is 2.70. The van der Waals surface area contributed by atoms with E-state index in [1.807, 2.05) is 0 Å². The van der Waals surface area contributed by atoms with Crippen LogP contribution in [0.3, 0.4) is 0 Å². The van der Waals surface area contributed by atoms with E-state index >= 15 is 0 Å². The fourth-order valence-corrected chi connectivity index (χ4v) is 3.27. The minimum atomic E-state index is -0.0868. The number of hydrogen-bond donors (Lipinski definition) is 1. The van der Waals surface area contributed by atoms with Gasteiger partial charge in [0.15, 0.2) is 0 Å². The Labute approximate surface area is 96.9 Å². The molecule has 1 saturated carbocycles. The monoisotopic (exact) mass is 217 g/mol. The van der Waals surface area contributed by atoms with Crippen molar-refractivity contribution in [3.05, 3.63) is 35.9 Å². The summed E-state index contributed by atoms with van der Waals surface area (Å²) in [6.45, 7) is 2.18. The number of aliphatic hydroxyl groups is 1. The van der Waals surface area contributed by atoms with Gasteiger partial charge in [0.2, 0.25) is 0 Å². The minimum Gasteiger partial charge on any atom is -0.391 e. The molecule has 3 aliphatic rings. The third-order valence-corrected chi connectivity index (χ3v) is 4.08. The number of piperidine rings is 2. The molecule has 0 aromatic heterocycles. The minimum absolute atomic E-state index is 0.0868. The van der Waals surface area contributed by atoms with Crippen LogP contribution in [0.25, 0.3) is 0 Å². The Morgan fingerprint density at radius 3 is 2.69 bits per heavy atom. The molecule has 1 aromatic rings. The lowest BCUT2D eigenvalue weighted by Crippen LogP contribution is -2.55. The molecular formula is C14H19NO. The molecule has 2 heteroatoms. The highest BCUT2D eigenvalue weighted by molar-refractivity contribution is 5.15. The average molecular weight is 217 g/mol. The van der Waals surface area contributed by atoms with Gasteiger partial charge in [-0.3, -0.25) is 4.90 Å². The topological polar surface area (TPSA) is 23.5 Å². The van der Waals surface area contributed by atoms with E-state index < -0.39 is 0 Å². The maximum Gasteiger partial charge on any atom is 0.0698 e. The van der Waals surface area contributed by atoms with Crippen molar-refractivity contribution in [3.8, 4) is 0 Å². The second-order valence-electron chi connectivity index (χ2n) is 5.23. The summed E-state index contributed by atoms with van der Waals surface area (Å²) >= 11 is 0. The molecule has 16 heavy (non-hydrogen) atoms. The number of rotatable bonds is 2. The van der Waals surface area contributed by atoms with Gasteiger partial charge in [-0.2, -0.15) is 0 Å². The Morgan fingerprint density at radius 1 is 1.19 bits per heavy atom. The van der Waals surface area contributed by atoms with E-state index in [1.165, 1.54) is 24.9 Å². The average Bonchev–Trinajstić information content (AvgIpc) is 2.30. The summed E-state index contributed by atoms with van der Waals surface area (Å²) in [6.07, 6.45) is 3.43. The first-order valence-corrected chi connectivity index (χ1v) is 6.29. The van der Waals surface area contributed by atoms with Gasteiger partial charge in [-0.25, -0.2) is 0 Å². The number of hydrogen-bond acceptors (Lipinski definition) is 2. The summed E-state index contributed by atoms with van der Waals surface area (Å²) in [5, 5.41) is 10.0. The molecule has 4 rings (SSSR count). The van der Waals surface area contributed by atoms with Gasteiger partial charge >= 0.3 is 0 Å². The molecule has 0 unspecified atom stereocenters. The predicted molar refractivity (Wildman–Crippen MR) is 64.0 cm³/mol. The smallest absolute Gasteiger partial charge is 0.0698 e. The Hall–Kier alpha value is -0.860. The van der Waals surface area contributed by atoms with Crippen molar-refractivity contribution in [2.75, 3.05) is 6.54 Å². The molecule has 0 amide bonds. The zero-order valence-corrected chi connectivity index (χ0v) is 9.55. The van der Waals surface area contributed by atoms with E-state index in [2.05, 4.69) is 35.2 Å². The molecule has 2 saturated heterocycles. The first kappa shape index (κ1) is 10.3. The standard InChI is InChI=1S/C14H19NO/c16-14-8-12-6-7-13(14)15(10-12)9-11-4-2-1-3-5-11/h1-5,12-14,16H,6-10H2/t12-,13+,14+/m1/s1. The lowest BCUT2D eigenvalue weighted by Gasteiger charge is -2.48. The van der Waals surface area contributed by atoms with Crippen LogP contribution in [0, 0.1) is 5.92 Å². The fourth-order valence-electron chi connectivity index (χ4n) is 3.27. The first-order chi connectivity index (χ1) is 7.83. The molecule has 0 spiro atoms. The second kappa shape index (κ2) is 4.19. The quantitative estimate of drug-likeness (QED) is 0.819. The van der Waals surface area contributed by atoms with E-state index in [-0.39, 0.29) is 6.10 Å². The Morgan fingerprint density at radius 2 is 2.00 bits per heavy atom. The summed E-state index contributed by atoms with van der Waals surface area (Å²) < 4.78 is 0. The van der Waals surface area contributed by atoms with Crippen molar-refractivity contribution in [2.45, 2.75) is 38.0 Å². The summed E-state index contributed by atoms with van der Waals surface area (Å²) in [4.78, 5) is 2.47. The van der Waals surface area contributed by atoms with Gasteiger partial charge in [-0.15, -0.1) is 0 Å². The molecule has 3 fully saturated rings. The number of aliphatic hydroxyl groups excluding tert-OH is 1. The third kappa shape index (κ3) is 1.87. The zero-order chi connectivity index (χ0) is 11.0. The summed E-state index contributed by atoms with van der Waals surface area (Å²) in [7, 11) is 0. The van der Waals surface area contributed by atoms with E-state index in [9.17, 15) is 5.11 Å². The molecule has 0 radical (unpaired) electrons. The lowest BCUT2D eigenvalue weighted by molar-refractivity contribution is -0.0582. The van der Waals surface area contributed by atoms with Gasteiger partial charge in [0.25, 0.3) is 0 Å². The SMILES string of the molecule is O[C@H]1C[C@H]2CC[C@@H]1N(Cc1ccccc1)C2. The number of fused-ring (bicyclic) bond motifs is 3. The number of nitrogens with zero attached hydrogens (tertiary/aromatic N) is 1. The molecule has 1 aromatic carbocycles. The zero-order valence-electron chi connectivity index (χ0n) is 9.55. The van der Waals surface area contributed by atoms with Crippen molar-refractivity contribution in [3.63, 3.8) is 0 Å². The Balaban J connectivity index is 1.72. The van der Waals surface area contributed by atoms with Crippen LogP contribution in [0.1, 0.15) is 24.8 Å². The normalized spacial score (nSPS) is 34.2. The summed E-state index contributed by atoms with van der Waals surface area (Å²) in [6, 6.07) is 11.0. The van der Waals surface area contributed by atoms with Gasteiger partial charge in [0, 0.05) is 19.1 Å². The number of benzene rings is 1. The highest BCUT2D eigenvalue weighted by Gasteiger charge is 2.39. The van der Waals surface area contributed by atoms with Crippen molar-refractivity contribution >= 4 is 0 Å². The lowest BCUT2D eigenvalue weighted by atomic mass is 9.78. The molecule has 3 atom stereocenters. The third-order valence-electron chi connectivity index (χ3n) is 4.08. The molecule has 2 bridgehead atoms. The molecule has 86 valence electrons. The molecular weight excluding hydrogens is 198 g/mol. The van der Waals surface area contributed by atoms with Crippen LogP contribution in [-0.4, -0.2) is 28.7 Å². The van der Waals surface area contributed by atoms with E-state index in [4.69, 9.17) is 0 Å². The second-order valence-corrected chi connectivity index (χ2v) is 5.23. The van der Waals surface area contributed by atoms with Crippen molar-refractivity contribution in [2.24, 2.45) is 5.92 Å². The van der Waals surface area contributed by atoms with Crippen LogP contribution in [0.4, 0.5) is 0 Å². The first-order valence-electron chi connectivity index (χ1n) is 6.29. The van der Waals surface area contributed by atoms with Crippen LogP contribution in [0.5, 0.6) is 0 Å². The van der Waals surface area contributed by atoms with Gasteiger partial charge < -0.3 is 5.11 Å². The Bertz CT molecular complexity index is 351. The summed E-state index contributed by atoms with van der Waals surface area (Å²) in [5.41, 5.74) is 1.36. The van der Waals surface area contributed by atoms with Gasteiger partial charge in [0.1, 0.15) is 0 Å².